The van der Waals surface area contributed by atoms with Crippen molar-refractivity contribution >= 4 is 5.78 Å². The number of rotatable bonds is 6. The minimum atomic E-state index is -0.0288. The molecule has 1 aromatic heterocycles. The first-order valence-electron chi connectivity index (χ1n) is 6.51. The number of carbonyl (C=O) groups is 1. The molecule has 0 fully saturated rings. The lowest BCUT2D eigenvalue weighted by Gasteiger charge is -2.22. The normalized spacial score (nSPS) is 13.6. The molecule has 1 heterocycles. The highest BCUT2D eigenvalue weighted by Gasteiger charge is 2.18. The van der Waals surface area contributed by atoms with Crippen molar-refractivity contribution in [3.05, 3.63) is 18.2 Å². The highest BCUT2D eigenvalue weighted by atomic mass is 16.1. The molecule has 0 saturated carbocycles. The summed E-state index contributed by atoms with van der Waals surface area (Å²) in [4.78, 5) is 16.0. The molecule has 0 saturated heterocycles. The predicted molar refractivity (Wildman–Crippen MR) is 73.2 cm³/mol. The van der Waals surface area contributed by atoms with Gasteiger partial charge in [0, 0.05) is 44.7 Å². The van der Waals surface area contributed by atoms with E-state index in [1.807, 2.05) is 17.8 Å². The molecule has 1 atom stereocenters. The summed E-state index contributed by atoms with van der Waals surface area (Å²) in [6.45, 7) is 6.43. The lowest BCUT2D eigenvalue weighted by molar-refractivity contribution is -0.119. The lowest BCUT2D eigenvalue weighted by atomic mass is 9.86. The molecular weight excluding hydrogens is 226 g/mol. The summed E-state index contributed by atoms with van der Waals surface area (Å²) in [6.07, 6.45) is 6.23. The van der Waals surface area contributed by atoms with Gasteiger partial charge in [0.25, 0.3) is 0 Å². The maximum Gasteiger partial charge on any atom is 0.134 e. The summed E-state index contributed by atoms with van der Waals surface area (Å²) in [5, 5.41) is 0. The third-order valence-electron chi connectivity index (χ3n) is 2.91. The van der Waals surface area contributed by atoms with Crippen molar-refractivity contribution in [2.45, 2.75) is 52.5 Å². The molecule has 0 aliphatic rings. The van der Waals surface area contributed by atoms with Crippen molar-refractivity contribution in [1.82, 2.24) is 9.55 Å². The number of imidazole rings is 1. The molecule has 1 unspecified atom stereocenters. The number of aryl methyl sites for hydroxylation is 2. The van der Waals surface area contributed by atoms with Gasteiger partial charge in [0.05, 0.1) is 0 Å². The zero-order valence-electron chi connectivity index (χ0n) is 11.9. The first-order valence-corrected chi connectivity index (χ1v) is 6.51. The molecule has 0 aromatic carbocycles. The average Bonchev–Trinajstić information content (AvgIpc) is 2.57. The monoisotopic (exact) mass is 251 g/mol. The Hall–Kier alpha value is -1.16. The SMILES string of the molecule is Cn1ccnc1CCC(=O)CC(N)CC(C)(C)C. The van der Waals surface area contributed by atoms with Gasteiger partial charge in [-0.15, -0.1) is 0 Å². The number of hydrogen-bond acceptors (Lipinski definition) is 3. The van der Waals surface area contributed by atoms with E-state index in [-0.39, 0.29) is 17.2 Å². The topological polar surface area (TPSA) is 60.9 Å². The van der Waals surface area contributed by atoms with Gasteiger partial charge in [-0.1, -0.05) is 20.8 Å². The highest BCUT2D eigenvalue weighted by Crippen LogP contribution is 2.21. The molecule has 1 rings (SSSR count). The zero-order valence-corrected chi connectivity index (χ0v) is 11.9. The van der Waals surface area contributed by atoms with Crippen LogP contribution >= 0.6 is 0 Å². The van der Waals surface area contributed by atoms with Crippen molar-refractivity contribution in [1.29, 1.82) is 0 Å². The predicted octanol–water partition coefficient (Wildman–Crippen LogP) is 2.08. The van der Waals surface area contributed by atoms with Crippen molar-refractivity contribution < 1.29 is 4.79 Å². The number of hydrogen-bond donors (Lipinski definition) is 1. The third-order valence-corrected chi connectivity index (χ3v) is 2.91. The standard InChI is InChI=1S/C14H25N3O/c1-14(2,3)10-11(15)9-12(18)5-6-13-16-7-8-17(13)4/h7-8,11H,5-6,9-10,15H2,1-4H3. The van der Waals surface area contributed by atoms with Crippen LogP contribution in [-0.2, 0) is 18.3 Å². The Morgan fingerprint density at radius 3 is 2.67 bits per heavy atom. The van der Waals surface area contributed by atoms with Gasteiger partial charge in [-0.05, 0) is 11.8 Å². The number of carbonyl (C=O) groups excluding carboxylic acids is 1. The summed E-state index contributed by atoms with van der Waals surface area (Å²) in [5.41, 5.74) is 6.18. The van der Waals surface area contributed by atoms with Crippen LogP contribution in [-0.4, -0.2) is 21.4 Å². The van der Waals surface area contributed by atoms with Gasteiger partial charge in [0.1, 0.15) is 11.6 Å². The number of nitrogens with two attached hydrogens (primary N) is 1. The second kappa shape index (κ2) is 6.14. The second-order valence-corrected chi connectivity index (χ2v) is 6.22. The molecule has 0 aliphatic heterocycles. The van der Waals surface area contributed by atoms with E-state index < -0.39 is 0 Å². The maximum absolute atomic E-state index is 11.8. The number of nitrogens with zero attached hydrogens (tertiary/aromatic N) is 2. The van der Waals surface area contributed by atoms with Gasteiger partial charge in [0.15, 0.2) is 0 Å². The average molecular weight is 251 g/mol. The summed E-state index contributed by atoms with van der Waals surface area (Å²) in [7, 11) is 1.94. The van der Waals surface area contributed by atoms with Crippen LogP contribution in [0.25, 0.3) is 0 Å². The Kier molecular flexibility index (Phi) is 5.08. The molecule has 18 heavy (non-hydrogen) atoms. The zero-order chi connectivity index (χ0) is 13.8. The molecule has 0 radical (unpaired) electrons. The number of Topliss-reactive ketones (excluding diaryl/α,β-unsaturated/α-hetero) is 1. The Morgan fingerprint density at radius 1 is 1.50 bits per heavy atom. The van der Waals surface area contributed by atoms with E-state index in [0.717, 1.165) is 12.2 Å². The van der Waals surface area contributed by atoms with Gasteiger partial charge in [-0.2, -0.15) is 0 Å². The van der Waals surface area contributed by atoms with E-state index in [1.165, 1.54) is 0 Å². The fourth-order valence-corrected chi connectivity index (χ4v) is 2.14. The van der Waals surface area contributed by atoms with Crippen molar-refractivity contribution in [3.8, 4) is 0 Å². The fourth-order valence-electron chi connectivity index (χ4n) is 2.14. The van der Waals surface area contributed by atoms with Crippen LogP contribution < -0.4 is 5.73 Å². The van der Waals surface area contributed by atoms with Gasteiger partial charge in [0.2, 0.25) is 0 Å². The van der Waals surface area contributed by atoms with Crippen LogP contribution in [0.1, 0.15) is 45.9 Å². The maximum atomic E-state index is 11.8. The van der Waals surface area contributed by atoms with Crippen molar-refractivity contribution in [3.63, 3.8) is 0 Å². The van der Waals surface area contributed by atoms with E-state index >= 15 is 0 Å². The van der Waals surface area contributed by atoms with Crippen LogP contribution in [0.15, 0.2) is 12.4 Å². The Labute approximate surface area is 110 Å². The smallest absolute Gasteiger partial charge is 0.134 e. The third kappa shape index (κ3) is 5.45. The first-order chi connectivity index (χ1) is 8.28. The summed E-state index contributed by atoms with van der Waals surface area (Å²) >= 11 is 0. The van der Waals surface area contributed by atoms with Crippen LogP contribution in [0, 0.1) is 5.41 Å². The van der Waals surface area contributed by atoms with Crippen LogP contribution in [0.4, 0.5) is 0 Å². The molecule has 0 bridgehead atoms. The molecular formula is C14H25N3O. The molecule has 4 nitrogen and oxygen atoms in total. The molecule has 4 heteroatoms. The van der Waals surface area contributed by atoms with E-state index in [2.05, 4.69) is 25.8 Å². The molecule has 2 N–H and O–H groups in total. The van der Waals surface area contributed by atoms with Gasteiger partial charge < -0.3 is 10.3 Å². The molecule has 0 spiro atoms. The lowest BCUT2D eigenvalue weighted by Crippen LogP contribution is -2.29. The minimum Gasteiger partial charge on any atom is -0.338 e. The molecule has 0 aliphatic carbocycles. The van der Waals surface area contributed by atoms with Crippen LogP contribution in [0.2, 0.25) is 0 Å². The molecule has 1 aromatic rings. The fraction of sp³-hybridized carbons (Fsp3) is 0.714. The van der Waals surface area contributed by atoms with E-state index in [1.54, 1.807) is 6.20 Å². The van der Waals surface area contributed by atoms with Crippen molar-refractivity contribution in [2.24, 2.45) is 18.2 Å². The largest absolute Gasteiger partial charge is 0.338 e. The van der Waals surface area contributed by atoms with Crippen LogP contribution in [0.3, 0.4) is 0 Å². The quantitative estimate of drug-likeness (QED) is 0.842. The molecule has 0 amide bonds. The van der Waals surface area contributed by atoms with E-state index in [0.29, 0.717) is 19.3 Å². The Balaban J connectivity index is 2.32. The summed E-state index contributed by atoms with van der Waals surface area (Å²) in [6, 6.07) is -0.0288. The van der Waals surface area contributed by atoms with E-state index in [9.17, 15) is 4.79 Å². The van der Waals surface area contributed by atoms with E-state index in [4.69, 9.17) is 5.73 Å². The summed E-state index contributed by atoms with van der Waals surface area (Å²) in [5.74, 6) is 1.18. The first kappa shape index (κ1) is 14.9. The number of ketones is 1. The van der Waals surface area contributed by atoms with Gasteiger partial charge in [-0.25, -0.2) is 4.98 Å². The number of aromatic nitrogens is 2. The highest BCUT2D eigenvalue weighted by molar-refractivity contribution is 5.79. The molecule has 102 valence electrons. The van der Waals surface area contributed by atoms with Gasteiger partial charge >= 0.3 is 0 Å². The minimum absolute atomic E-state index is 0.0288. The van der Waals surface area contributed by atoms with Gasteiger partial charge in [-0.3, -0.25) is 4.79 Å². The summed E-state index contributed by atoms with van der Waals surface area (Å²) < 4.78 is 1.95. The van der Waals surface area contributed by atoms with Crippen molar-refractivity contribution in [2.75, 3.05) is 0 Å². The van der Waals surface area contributed by atoms with Crippen LogP contribution in [0.5, 0.6) is 0 Å². The second-order valence-electron chi connectivity index (χ2n) is 6.22. The Bertz CT molecular complexity index is 390. The Morgan fingerprint density at radius 2 is 2.17 bits per heavy atom.